The average Bonchev–Trinajstić information content (AvgIpc) is 3.27. The summed E-state index contributed by atoms with van der Waals surface area (Å²) >= 11 is 1.55. The second-order valence-corrected chi connectivity index (χ2v) is 8.20. The zero-order chi connectivity index (χ0) is 21.2. The summed E-state index contributed by atoms with van der Waals surface area (Å²) in [6.45, 7) is 4.60. The highest BCUT2D eigenvalue weighted by Gasteiger charge is 2.23. The zero-order valence-corrected chi connectivity index (χ0v) is 17.8. The van der Waals surface area contributed by atoms with Gasteiger partial charge in [0.05, 0.1) is 15.7 Å². The number of benzene rings is 1. The summed E-state index contributed by atoms with van der Waals surface area (Å²) in [5.74, 6) is 3.04. The molecule has 0 saturated carbocycles. The minimum atomic E-state index is 0.0614. The summed E-state index contributed by atoms with van der Waals surface area (Å²) in [6, 6.07) is 13.3. The molecule has 4 heterocycles. The van der Waals surface area contributed by atoms with Gasteiger partial charge in [0.2, 0.25) is 0 Å². The topological polar surface area (TPSA) is 87.1 Å². The molecule has 1 fully saturated rings. The van der Waals surface area contributed by atoms with E-state index in [0.29, 0.717) is 43.4 Å². The second kappa shape index (κ2) is 8.27. The molecule has 0 spiro atoms. The molecule has 1 aliphatic rings. The maximum absolute atomic E-state index is 13.0. The Kier molecular flexibility index (Phi) is 5.17. The molecule has 1 N–H and O–H groups in total. The van der Waals surface area contributed by atoms with Crippen LogP contribution in [0.1, 0.15) is 16.2 Å². The van der Waals surface area contributed by atoms with Crippen LogP contribution in [0.2, 0.25) is 0 Å². The molecule has 9 heteroatoms. The number of carbonyl (C=O) groups is 1. The summed E-state index contributed by atoms with van der Waals surface area (Å²) in [7, 11) is 0. The van der Waals surface area contributed by atoms with Gasteiger partial charge in [0.25, 0.3) is 5.91 Å². The van der Waals surface area contributed by atoms with Crippen LogP contribution in [0.3, 0.4) is 0 Å². The maximum Gasteiger partial charge on any atom is 0.254 e. The van der Waals surface area contributed by atoms with Gasteiger partial charge in [-0.2, -0.15) is 0 Å². The number of hydrogen-bond acceptors (Lipinski definition) is 8. The number of nitrogens with one attached hydrogen (secondary N) is 1. The Hall–Kier alpha value is -3.59. The lowest BCUT2D eigenvalue weighted by molar-refractivity contribution is 0.0746. The average molecular weight is 432 g/mol. The van der Waals surface area contributed by atoms with Gasteiger partial charge in [-0.05, 0) is 37.3 Å². The minimum Gasteiger partial charge on any atom is -0.353 e. The number of pyridine rings is 1. The van der Waals surface area contributed by atoms with Crippen molar-refractivity contribution in [3.05, 3.63) is 65.6 Å². The molecule has 1 aromatic carbocycles. The molecular weight excluding hydrogens is 410 g/mol. The molecule has 31 heavy (non-hydrogen) atoms. The van der Waals surface area contributed by atoms with Crippen molar-refractivity contribution in [2.45, 2.75) is 6.92 Å². The van der Waals surface area contributed by atoms with Gasteiger partial charge in [0, 0.05) is 44.0 Å². The molecule has 1 amide bonds. The summed E-state index contributed by atoms with van der Waals surface area (Å²) in [6.07, 6.45) is 1.74. The van der Waals surface area contributed by atoms with Crippen molar-refractivity contribution in [2.24, 2.45) is 0 Å². The van der Waals surface area contributed by atoms with Crippen molar-refractivity contribution < 1.29 is 4.79 Å². The van der Waals surface area contributed by atoms with E-state index in [1.807, 2.05) is 54.3 Å². The fourth-order valence-electron chi connectivity index (χ4n) is 3.66. The quantitative estimate of drug-likeness (QED) is 0.529. The largest absolute Gasteiger partial charge is 0.353 e. The molecule has 156 valence electrons. The maximum atomic E-state index is 13.0. The van der Waals surface area contributed by atoms with Crippen molar-refractivity contribution in [2.75, 3.05) is 36.4 Å². The monoisotopic (exact) mass is 431 g/mol. The molecule has 0 bridgehead atoms. The number of thiazole rings is 1. The molecule has 1 aliphatic heterocycles. The van der Waals surface area contributed by atoms with Crippen molar-refractivity contribution in [3.8, 4) is 0 Å². The smallest absolute Gasteiger partial charge is 0.254 e. The molecule has 0 radical (unpaired) electrons. The van der Waals surface area contributed by atoms with Crippen LogP contribution in [-0.4, -0.2) is 56.9 Å². The highest BCUT2D eigenvalue weighted by molar-refractivity contribution is 7.16. The minimum absolute atomic E-state index is 0.0614. The third kappa shape index (κ3) is 4.17. The lowest BCUT2D eigenvalue weighted by atomic mass is 10.1. The number of carbonyl (C=O) groups excluding carboxylic acids is 1. The number of hydrogen-bond donors (Lipinski definition) is 1. The number of anilines is 3. The highest BCUT2D eigenvalue weighted by Crippen LogP contribution is 2.22. The Bertz CT molecular complexity index is 1220. The Morgan fingerprint density at radius 1 is 1.00 bits per heavy atom. The first kappa shape index (κ1) is 19.4. The Morgan fingerprint density at radius 2 is 1.87 bits per heavy atom. The molecule has 8 nitrogen and oxygen atoms in total. The zero-order valence-electron chi connectivity index (χ0n) is 17.0. The molecule has 0 unspecified atom stereocenters. The van der Waals surface area contributed by atoms with Gasteiger partial charge >= 0.3 is 0 Å². The molecule has 4 aromatic rings. The van der Waals surface area contributed by atoms with Crippen LogP contribution in [0.25, 0.3) is 10.2 Å². The number of amides is 1. The van der Waals surface area contributed by atoms with E-state index in [9.17, 15) is 4.79 Å². The number of rotatable bonds is 4. The second-order valence-electron chi connectivity index (χ2n) is 7.31. The molecule has 5 rings (SSSR count). The fourth-order valence-corrected chi connectivity index (χ4v) is 4.37. The Balaban J connectivity index is 1.27. The molecule has 0 atom stereocenters. The van der Waals surface area contributed by atoms with Gasteiger partial charge in [-0.15, -0.1) is 11.3 Å². The highest BCUT2D eigenvalue weighted by atomic mass is 32.1. The molecule has 3 aromatic heterocycles. The van der Waals surface area contributed by atoms with E-state index in [4.69, 9.17) is 0 Å². The normalized spacial score (nSPS) is 14.1. The van der Waals surface area contributed by atoms with Crippen LogP contribution in [0.4, 0.5) is 17.5 Å². The third-order valence-corrected chi connectivity index (χ3v) is 6.01. The van der Waals surface area contributed by atoms with Gasteiger partial charge in [-0.25, -0.2) is 19.9 Å². The van der Waals surface area contributed by atoms with Gasteiger partial charge < -0.3 is 15.1 Å². The van der Waals surface area contributed by atoms with E-state index in [-0.39, 0.29) is 5.91 Å². The van der Waals surface area contributed by atoms with Crippen molar-refractivity contribution >= 4 is 44.9 Å². The fraction of sp³-hybridized carbons (Fsp3) is 0.227. The lowest BCUT2D eigenvalue weighted by Gasteiger charge is -2.35. The summed E-state index contributed by atoms with van der Waals surface area (Å²) in [4.78, 5) is 34.7. The first-order chi connectivity index (χ1) is 15.2. The SMILES string of the molecule is Cc1nc(Nc2ccccn2)cc(N2CCN(C(=O)c3ccc4ncsc4c3)CC2)n1. The number of aryl methyl sites for hydroxylation is 1. The summed E-state index contributed by atoms with van der Waals surface area (Å²) in [5.41, 5.74) is 3.45. The van der Waals surface area contributed by atoms with E-state index < -0.39 is 0 Å². The van der Waals surface area contributed by atoms with Gasteiger partial charge in [-0.1, -0.05) is 6.07 Å². The predicted molar refractivity (Wildman–Crippen MR) is 122 cm³/mol. The van der Waals surface area contributed by atoms with Crippen LogP contribution in [-0.2, 0) is 0 Å². The van der Waals surface area contributed by atoms with Gasteiger partial charge in [0.1, 0.15) is 23.3 Å². The van der Waals surface area contributed by atoms with Gasteiger partial charge in [-0.3, -0.25) is 4.79 Å². The van der Waals surface area contributed by atoms with Crippen molar-refractivity contribution in [3.63, 3.8) is 0 Å². The van der Waals surface area contributed by atoms with Crippen molar-refractivity contribution in [1.82, 2.24) is 24.8 Å². The Morgan fingerprint density at radius 3 is 2.68 bits per heavy atom. The first-order valence-electron chi connectivity index (χ1n) is 10.1. The van der Waals surface area contributed by atoms with E-state index in [1.165, 1.54) is 0 Å². The van der Waals surface area contributed by atoms with Crippen LogP contribution >= 0.6 is 11.3 Å². The van der Waals surface area contributed by atoms with E-state index in [0.717, 1.165) is 21.9 Å². The van der Waals surface area contributed by atoms with E-state index in [2.05, 4.69) is 30.2 Å². The van der Waals surface area contributed by atoms with Crippen LogP contribution in [0.15, 0.2) is 54.2 Å². The number of aromatic nitrogens is 4. The number of fused-ring (bicyclic) bond motifs is 1. The van der Waals surface area contributed by atoms with Gasteiger partial charge in [0.15, 0.2) is 0 Å². The Labute approximate surface area is 183 Å². The summed E-state index contributed by atoms with van der Waals surface area (Å²) < 4.78 is 1.04. The van der Waals surface area contributed by atoms with E-state index in [1.54, 1.807) is 23.0 Å². The third-order valence-electron chi connectivity index (χ3n) is 5.21. The van der Waals surface area contributed by atoms with E-state index >= 15 is 0 Å². The van der Waals surface area contributed by atoms with Crippen LogP contribution in [0, 0.1) is 6.92 Å². The standard InChI is InChI=1S/C22H21N7OS/c1-15-25-20(27-19-4-2-3-7-23-19)13-21(26-15)28-8-10-29(11-9-28)22(30)16-5-6-17-18(12-16)31-14-24-17/h2-7,12-14H,8-11H2,1H3,(H,23,25,26,27). The van der Waals surface area contributed by atoms with Crippen LogP contribution < -0.4 is 10.2 Å². The molecular formula is C22H21N7OS. The molecule has 0 aliphatic carbocycles. The first-order valence-corrected chi connectivity index (χ1v) is 10.9. The number of piperazine rings is 1. The molecule has 1 saturated heterocycles. The predicted octanol–water partition coefficient (Wildman–Crippen LogP) is 3.50. The summed E-state index contributed by atoms with van der Waals surface area (Å²) in [5, 5.41) is 3.23. The number of nitrogens with zero attached hydrogens (tertiary/aromatic N) is 6. The van der Waals surface area contributed by atoms with Crippen molar-refractivity contribution in [1.29, 1.82) is 0 Å². The van der Waals surface area contributed by atoms with Crippen LogP contribution in [0.5, 0.6) is 0 Å². The lowest BCUT2D eigenvalue weighted by Crippen LogP contribution is -2.49.